The summed E-state index contributed by atoms with van der Waals surface area (Å²) in [4.78, 5) is 30.5. The minimum atomic E-state index is -3.26. The van der Waals surface area contributed by atoms with Crippen molar-refractivity contribution < 1.29 is 14.2 Å². The fourth-order valence-corrected chi connectivity index (χ4v) is 20.6. The van der Waals surface area contributed by atoms with E-state index in [9.17, 15) is 9.59 Å². The molecule has 0 aliphatic carbocycles. The number of rotatable bonds is 5. The Kier molecular flexibility index (Phi) is 5.86. The van der Waals surface area contributed by atoms with Crippen LogP contribution in [-0.4, -0.2) is 23.1 Å². The van der Waals surface area contributed by atoms with Gasteiger partial charge in [0.05, 0.1) is 22.4 Å². The molecule has 4 aromatic rings. The Morgan fingerprint density at radius 2 is 1.20 bits per heavy atom. The molecule has 3 aliphatic heterocycles. The van der Waals surface area contributed by atoms with Gasteiger partial charge in [-0.3, -0.25) is 9.59 Å². The highest BCUT2D eigenvalue weighted by Crippen LogP contribution is 3.05. The summed E-state index contributed by atoms with van der Waals surface area (Å²) in [5.41, 5.74) is 3.51. The minimum Gasteiger partial charge on any atom is -0.317 e. The molecule has 4 nitrogen and oxygen atoms in total. The highest BCUT2D eigenvalue weighted by molar-refractivity contribution is 8.39. The van der Waals surface area contributed by atoms with Crippen LogP contribution in [0.4, 0.5) is 5.69 Å². The molecule has 4 aromatic carbocycles. The molecule has 40 heavy (non-hydrogen) atoms. The van der Waals surface area contributed by atoms with Crippen molar-refractivity contribution in [1.82, 2.24) is 0 Å². The average molecular weight is 562 g/mol. The third-order valence-electron chi connectivity index (χ3n) is 8.70. The maximum Gasteiger partial charge on any atom is 0.242 e. The van der Waals surface area contributed by atoms with Crippen LogP contribution >= 0.6 is 14.4 Å². The fourth-order valence-electron chi connectivity index (χ4n) is 7.29. The van der Waals surface area contributed by atoms with Gasteiger partial charge in [-0.1, -0.05) is 123 Å². The van der Waals surface area contributed by atoms with Crippen LogP contribution in [0.2, 0.25) is 0 Å². The number of hydrogen-bond donors (Lipinski definition) is 0. The summed E-state index contributed by atoms with van der Waals surface area (Å²) in [5.74, 6) is -1.19. The van der Waals surface area contributed by atoms with E-state index in [1.54, 1.807) is 0 Å². The Hall–Kier alpha value is -3.58. The SMILES string of the molecule is CC(C)P1(=O)P2C(c3ccccc3)=C(c3ccccc3)[C@]1(c1ccccc1)[C@@H]1C(=O)N(c3ccccc3)C(=O)[C@@H]12. The molecular weight excluding hydrogens is 532 g/mol. The first-order valence-corrected chi connectivity index (χ1v) is 17.6. The quantitative estimate of drug-likeness (QED) is 0.182. The van der Waals surface area contributed by atoms with Crippen molar-refractivity contribution in [3.8, 4) is 0 Å². The molecule has 2 fully saturated rings. The Bertz CT molecular complexity index is 1700. The number of benzene rings is 4. The Morgan fingerprint density at radius 1 is 0.700 bits per heavy atom. The molecule has 0 aromatic heterocycles. The number of fused-ring (bicyclic) bond motifs is 5. The van der Waals surface area contributed by atoms with Gasteiger partial charge in [-0.15, -0.1) is 0 Å². The summed E-state index contributed by atoms with van der Waals surface area (Å²) < 4.78 is 16.1. The van der Waals surface area contributed by atoms with Gasteiger partial charge in [0.1, 0.15) is 6.83 Å². The highest BCUT2D eigenvalue weighted by Gasteiger charge is 2.81. The maximum atomic E-state index is 16.1. The van der Waals surface area contributed by atoms with Gasteiger partial charge in [-0.25, -0.2) is 4.90 Å². The van der Waals surface area contributed by atoms with Crippen LogP contribution in [0.25, 0.3) is 10.9 Å². The van der Waals surface area contributed by atoms with Crippen LogP contribution in [0.3, 0.4) is 0 Å². The van der Waals surface area contributed by atoms with Crippen molar-refractivity contribution in [2.24, 2.45) is 5.92 Å². The molecule has 0 radical (unpaired) electrons. The zero-order chi connectivity index (χ0) is 27.6. The number of amides is 2. The largest absolute Gasteiger partial charge is 0.317 e. The molecule has 3 heterocycles. The van der Waals surface area contributed by atoms with Gasteiger partial charge in [0, 0.05) is 13.3 Å². The maximum absolute atomic E-state index is 16.1. The molecule has 5 atom stereocenters. The first-order valence-electron chi connectivity index (χ1n) is 13.7. The summed E-state index contributed by atoms with van der Waals surface area (Å²) >= 11 is 0. The van der Waals surface area contributed by atoms with E-state index in [-0.39, 0.29) is 17.5 Å². The highest BCUT2D eigenvalue weighted by atomic mass is 32.1. The first kappa shape index (κ1) is 25.4. The molecule has 2 bridgehead atoms. The number of hydrogen-bond acceptors (Lipinski definition) is 3. The van der Waals surface area contributed by atoms with Crippen LogP contribution in [0.5, 0.6) is 0 Å². The van der Waals surface area contributed by atoms with Gasteiger partial charge < -0.3 is 4.57 Å². The zero-order valence-corrected chi connectivity index (χ0v) is 24.1. The van der Waals surface area contributed by atoms with E-state index >= 15 is 4.57 Å². The lowest BCUT2D eigenvalue weighted by molar-refractivity contribution is -0.122. The molecule has 2 unspecified atom stereocenters. The second-order valence-corrected chi connectivity index (χ2v) is 18.7. The summed E-state index contributed by atoms with van der Waals surface area (Å²) in [6, 6.07) is 39.3. The predicted octanol–water partition coefficient (Wildman–Crippen LogP) is 8.20. The van der Waals surface area contributed by atoms with E-state index in [1.165, 1.54) is 4.90 Å². The Morgan fingerprint density at radius 3 is 1.75 bits per heavy atom. The molecule has 0 saturated carbocycles. The summed E-state index contributed by atoms with van der Waals surface area (Å²) in [6.45, 7) is 0.789. The first-order chi connectivity index (χ1) is 19.4. The number of anilines is 1. The number of carbonyl (C=O) groups excluding carboxylic acids is 2. The predicted molar refractivity (Wildman–Crippen MR) is 164 cm³/mol. The van der Waals surface area contributed by atoms with Crippen molar-refractivity contribution in [2.75, 3.05) is 4.90 Å². The lowest BCUT2D eigenvalue weighted by atomic mass is 9.74. The van der Waals surface area contributed by atoms with Gasteiger partial charge in [0.2, 0.25) is 11.8 Å². The van der Waals surface area contributed by atoms with Gasteiger partial charge in [0.15, 0.2) is 0 Å². The van der Waals surface area contributed by atoms with Crippen LogP contribution in [-0.2, 0) is 19.3 Å². The normalized spacial score (nSPS) is 29.0. The molecular formula is C34H29NO3P2. The summed E-state index contributed by atoms with van der Waals surface area (Å²) in [7, 11) is -1.53. The average Bonchev–Trinajstić information content (AvgIpc) is 3.51. The summed E-state index contributed by atoms with van der Waals surface area (Å²) in [5, 5.41) is -0.0956. The van der Waals surface area contributed by atoms with Crippen LogP contribution in [0.15, 0.2) is 121 Å². The monoisotopic (exact) mass is 561 g/mol. The second-order valence-electron chi connectivity index (χ2n) is 10.9. The smallest absolute Gasteiger partial charge is 0.242 e. The summed E-state index contributed by atoms with van der Waals surface area (Å²) in [6.07, 6.45) is 0. The van der Waals surface area contributed by atoms with E-state index < -0.39 is 31.2 Å². The van der Waals surface area contributed by atoms with Crippen LogP contribution < -0.4 is 4.90 Å². The molecule has 6 heteroatoms. The van der Waals surface area contributed by atoms with E-state index in [0.29, 0.717) is 5.69 Å². The van der Waals surface area contributed by atoms with Crippen molar-refractivity contribution in [2.45, 2.75) is 30.3 Å². The fraction of sp³-hybridized carbons (Fsp3) is 0.176. The van der Waals surface area contributed by atoms with Crippen LogP contribution in [0.1, 0.15) is 30.5 Å². The molecule has 2 saturated heterocycles. The molecule has 7 rings (SSSR count). The van der Waals surface area contributed by atoms with E-state index in [0.717, 1.165) is 27.6 Å². The molecule has 0 spiro atoms. The van der Waals surface area contributed by atoms with Gasteiger partial charge in [-0.2, -0.15) is 0 Å². The lowest BCUT2D eigenvalue weighted by Crippen LogP contribution is -2.41. The Balaban J connectivity index is 1.63. The third-order valence-corrected chi connectivity index (χ3v) is 20.1. The van der Waals surface area contributed by atoms with Crippen molar-refractivity contribution in [3.63, 3.8) is 0 Å². The molecule has 3 aliphatic rings. The van der Waals surface area contributed by atoms with E-state index in [4.69, 9.17) is 0 Å². The van der Waals surface area contributed by atoms with E-state index in [2.05, 4.69) is 24.3 Å². The second kappa shape index (κ2) is 9.23. The van der Waals surface area contributed by atoms with Crippen molar-refractivity contribution in [3.05, 3.63) is 138 Å². The van der Waals surface area contributed by atoms with Crippen molar-refractivity contribution >= 4 is 42.8 Å². The number of para-hydroxylation sites is 1. The zero-order valence-electron chi connectivity index (χ0n) is 22.3. The molecule has 198 valence electrons. The molecule has 2 amide bonds. The van der Waals surface area contributed by atoms with Crippen LogP contribution in [0, 0.1) is 5.92 Å². The molecule has 0 N–H and O–H groups in total. The van der Waals surface area contributed by atoms with Gasteiger partial charge in [-0.05, 0) is 39.7 Å². The standard InChI is InChI=1S/C34H29NO3P2/c1-23(2)40(38)34(26-19-11-5-12-20-26)28(24-15-7-3-8-16-24)30(25-17-9-4-10-18-25)39(40)31-29(34)32(36)35(33(31)37)27-21-13-6-14-22-27/h3-23,29,31H,1-2H3/t29-,31+,34+,39?,40?/m0/s1. The van der Waals surface area contributed by atoms with E-state index in [1.807, 2.05) is 111 Å². The van der Waals surface area contributed by atoms with Gasteiger partial charge in [0.25, 0.3) is 0 Å². The number of allylic oxidation sites excluding steroid dienone is 1. The number of nitrogens with zero attached hydrogens (tertiary/aromatic N) is 1. The Labute approximate surface area is 235 Å². The number of imide groups is 1. The lowest BCUT2D eigenvalue weighted by Gasteiger charge is -2.41. The number of carbonyl (C=O) groups is 2. The third kappa shape index (κ3) is 3.10. The topological polar surface area (TPSA) is 54.5 Å². The van der Waals surface area contributed by atoms with Crippen molar-refractivity contribution in [1.29, 1.82) is 0 Å². The van der Waals surface area contributed by atoms with Gasteiger partial charge >= 0.3 is 0 Å². The minimum absolute atomic E-state index is 0.213.